The maximum atomic E-state index is 12.2. The Morgan fingerprint density at radius 2 is 2.00 bits per heavy atom. The van der Waals surface area contributed by atoms with Crippen LogP contribution in [0.2, 0.25) is 0 Å². The molecule has 112 valence electrons. The SMILES string of the molecule is COc1cc(C(=O)/C=C/c2ccc3c(c2)OCO3)ccc1O. The summed E-state index contributed by atoms with van der Waals surface area (Å²) in [4.78, 5) is 12.2. The quantitative estimate of drug-likeness (QED) is 0.694. The van der Waals surface area contributed by atoms with Crippen molar-refractivity contribution in [3.05, 3.63) is 53.6 Å². The van der Waals surface area contributed by atoms with Gasteiger partial charge in [0.25, 0.3) is 0 Å². The second-order valence-corrected chi connectivity index (χ2v) is 4.70. The molecular formula is C17H14O5. The first-order valence-corrected chi connectivity index (χ1v) is 6.66. The number of phenols is 1. The topological polar surface area (TPSA) is 65.0 Å². The van der Waals surface area contributed by atoms with Gasteiger partial charge in [0.15, 0.2) is 28.8 Å². The van der Waals surface area contributed by atoms with Gasteiger partial charge in [-0.05, 0) is 42.0 Å². The van der Waals surface area contributed by atoms with Crippen molar-refractivity contribution in [2.75, 3.05) is 13.9 Å². The lowest BCUT2D eigenvalue weighted by Crippen LogP contribution is -1.95. The fraction of sp³-hybridized carbons (Fsp3) is 0.118. The minimum Gasteiger partial charge on any atom is -0.504 e. The lowest BCUT2D eigenvalue weighted by molar-refractivity contribution is 0.104. The van der Waals surface area contributed by atoms with E-state index >= 15 is 0 Å². The van der Waals surface area contributed by atoms with Crippen molar-refractivity contribution in [3.63, 3.8) is 0 Å². The van der Waals surface area contributed by atoms with Crippen molar-refractivity contribution < 1.29 is 24.1 Å². The summed E-state index contributed by atoms with van der Waals surface area (Å²) in [5, 5.41) is 9.53. The molecule has 2 aromatic carbocycles. The number of benzene rings is 2. The lowest BCUT2D eigenvalue weighted by Gasteiger charge is -2.04. The van der Waals surface area contributed by atoms with Crippen LogP contribution in [0.4, 0.5) is 0 Å². The Labute approximate surface area is 127 Å². The fourth-order valence-electron chi connectivity index (χ4n) is 2.12. The molecule has 1 N–H and O–H groups in total. The summed E-state index contributed by atoms with van der Waals surface area (Å²) >= 11 is 0. The zero-order valence-electron chi connectivity index (χ0n) is 11.9. The lowest BCUT2D eigenvalue weighted by atomic mass is 10.1. The number of carbonyl (C=O) groups excluding carboxylic acids is 1. The van der Waals surface area contributed by atoms with Crippen LogP contribution in [0, 0.1) is 0 Å². The third-order valence-corrected chi connectivity index (χ3v) is 3.29. The van der Waals surface area contributed by atoms with Gasteiger partial charge < -0.3 is 19.3 Å². The number of phenolic OH excluding ortho intramolecular Hbond substituents is 1. The molecule has 0 spiro atoms. The average molecular weight is 298 g/mol. The smallest absolute Gasteiger partial charge is 0.231 e. The van der Waals surface area contributed by atoms with E-state index in [-0.39, 0.29) is 24.1 Å². The Kier molecular flexibility index (Phi) is 3.70. The third-order valence-electron chi connectivity index (χ3n) is 3.29. The summed E-state index contributed by atoms with van der Waals surface area (Å²) in [7, 11) is 1.44. The van der Waals surface area contributed by atoms with Crippen LogP contribution in [0.1, 0.15) is 15.9 Å². The van der Waals surface area contributed by atoms with E-state index in [0.717, 1.165) is 5.56 Å². The van der Waals surface area contributed by atoms with E-state index in [4.69, 9.17) is 14.2 Å². The van der Waals surface area contributed by atoms with Crippen molar-refractivity contribution in [3.8, 4) is 23.0 Å². The molecule has 0 bridgehead atoms. The third kappa shape index (κ3) is 2.74. The van der Waals surface area contributed by atoms with Crippen LogP contribution in [-0.4, -0.2) is 24.8 Å². The molecule has 1 aliphatic heterocycles. The summed E-state index contributed by atoms with van der Waals surface area (Å²) in [6, 6.07) is 9.93. The molecule has 0 unspecified atom stereocenters. The van der Waals surface area contributed by atoms with Crippen molar-refractivity contribution in [2.45, 2.75) is 0 Å². The number of ether oxygens (including phenoxy) is 3. The van der Waals surface area contributed by atoms with Crippen LogP contribution in [-0.2, 0) is 0 Å². The van der Waals surface area contributed by atoms with Gasteiger partial charge in [0.2, 0.25) is 6.79 Å². The number of allylic oxidation sites excluding steroid dienone is 1. The molecular weight excluding hydrogens is 284 g/mol. The summed E-state index contributed by atoms with van der Waals surface area (Å²) in [6.45, 7) is 0.217. The van der Waals surface area contributed by atoms with E-state index in [0.29, 0.717) is 17.1 Å². The molecule has 0 fully saturated rings. The number of aromatic hydroxyl groups is 1. The maximum absolute atomic E-state index is 12.2. The van der Waals surface area contributed by atoms with Crippen molar-refractivity contribution in [1.29, 1.82) is 0 Å². The van der Waals surface area contributed by atoms with E-state index < -0.39 is 0 Å². The van der Waals surface area contributed by atoms with Crippen LogP contribution in [0.5, 0.6) is 23.0 Å². The van der Waals surface area contributed by atoms with Crippen LogP contribution in [0.3, 0.4) is 0 Å². The molecule has 0 amide bonds. The Morgan fingerprint density at radius 3 is 2.82 bits per heavy atom. The molecule has 1 aliphatic rings. The molecule has 0 radical (unpaired) electrons. The first-order valence-electron chi connectivity index (χ1n) is 6.66. The van der Waals surface area contributed by atoms with Gasteiger partial charge in [0.1, 0.15) is 0 Å². The molecule has 2 aromatic rings. The highest BCUT2D eigenvalue weighted by atomic mass is 16.7. The normalized spacial score (nSPS) is 12.6. The first kappa shape index (κ1) is 14.0. The highest BCUT2D eigenvalue weighted by Crippen LogP contribution is 2.33. The minimum atomic E-state index is -0.184. The van der Waals surface area contributed by atoms with Gasteiger partial charge >= 0.3 is 0 Å². The Morgan fingerprint density at radius 1 is 1.18 bits per heavy atom. The van der Waals surface area contributed by atoms with Gasteiger partial charge in [-0.15, -0.1) is 0 Å². The summed E-state index contributed by atoms with van der Waals surface area (Å²) < 4.78 is 15.5. The first-order chi connectivity index (χ1) is 10.7. The number of rotatable bonds is 4. The van der Waals surface area contributed by atoms with Gasteiger partial charge in [0, 0.05) is 5.56 Å². The van der Waals surface area contributed by atoms with E-state index in [9.17, 15) is 9.90 Å². The van der Waals surface area contributed by atoms with Crippen LogP contribution >= 0.6 is 0 Å². The second kappa shape index (κ2) is 5.81. The molecule has 22 heavy (non-hydrogen) atoms. The number of hydrogen-bond acceptors (Lipinski definition) is 5. The molecule has 0 saturated heterocycles. The number of methoxy groups -OCH3 is 1. The zero-order chi connectivity index (χ0) is 15.5. The number of fused-ring (bicyclic) bond motifs is 1. The molecule has 0 aromatic heterocycles. The molecule has 0 aliphatic carbocycles. The van der Waals surface area contributed by atoms with Crippen molar-refractivity contribution in [2.24, 2.45) is 0 Å². The molecule has 0 saturated carbocycles. The Hall–Kier alpha value is -2.95. The predicted octanol–water partition coefficient (Wildman–Crippen LogP) is 3.03. The fourth-order valence-corrected chi connectivity index (χ4v) is 2.12. The maximum Gasteiger partial charge on any atom is 0.231 e. The molecule has 0 atom stereocenters. The van der Waals surface area contributed by atoms with Crippen LogP contribution in [0.25, 0.3) is 6.08 Å². The van der Waals surface area contributed by atoms with E-state index in [1.807, 2.05) is 12.1 Å². The standard InChI is InChI=1S/C17H14O5/c1-20-16-9-12(4-6-14(16)19)13(18)5-2-11-3-7-15-17(8-11)22-10-21-15/h2-9,19H,10H2,1H3/b5-2+. The Balaban J connectivity index is 1.79. The monoisotopic (exact) mass is 298 g/mol. The number of ketones is 1. The summed E-state index contributed by atoms with van der Waals surface area (Å²) in [6.07, 6.45) is 3.16. The highest BCUT2D eigenvalue weighted by Gasteiger charge is 2.12. The van der Waals surface area contributed by atoms with E-state index in [1.165, 1.54) is 25.3 Å². The minimum absolute atomic E-state index is 0.00111. The van der Waals surface area contributed by atoms with E-state index in [1.54, 1.807) is 18.2 Å². The van der Waals surface area contributed by atoms with Gasteiger partial charge in [-0.2, -0.15) is 0 Å². The van der Waals surface area contributed by atoms with Gasteiger partial charge in [-0.3, -0.25) is 4.79 Å². The number of carbonyl (C=O) groups is 1. The number of hydrogen-bond donors (Lipinski definition) is 1. The van der Waals surface area contributed by atoms with E-state index in [2.05, 4.69) is 0 Å². The zero-order valence-corrected chi connectivity index (χ0v) is 11.9. The Bertz CT molecular complexity index is 749. The van der Waals surface area contributed by atoms with Crippen molar-refractivity contribution in [1.82, 2.24) is 0 Å². The van der Waals surface area contributed by atoms with Gasteiger partial charge in [0.05, 0.1) is 7.11 Å². The van der Waals surface area contributed by atoms with Gasteiger partial charge in [-0.1, -0.05) is 12.1 Å². The molecule has 1 heterocycles. The largest absolute Gasteiger partial charge is 0.504 e. The predicted molar refractivity (Wildman–Crippen MR) is 80.6 cm³/mol. The molecule has 5 heteroatoms. The van der Waals surface area contributed by atoms with Crippen LogP contribution in [0.15, 0.2) is 42.5 Å². The van der Waals surface area contributed by atoms with Crippen molar-refractivity contribution >= 4 is 11.9 Å². The summed E-state index contributed by atoms with van der Waals surface area (Å²) in [5.41, 5.74) is 1.27. The summed E-state index contributed by atoms with van der Waals surface area (Å²) in [5.74, 6) is 1.45. The van der Waals surface area contributed by atoms with Gasteiger partial charge in [-0.25, -0.2) is 0 Å². The highest BCUT2D eigenvalue weighted by molar-refractivity contribution is 6.07. The second-order valence-electron chi connectivity index (χ2n) is 4.70. The molecule has 3 rings (SSSR count). The molecule has 5 nitrogen and oxygen atoms in total. The van der Waals surface area contributed by atoms with Crippen LogP contribution < -0.4 is 14.2 Å². The average Bonchev–Trinajstić information content (AvgIpc) is 3.00.